The molecule has 30 heavy (non-hydrogen) atoms. The number of aromatic nitrogens is 3. The minimum atomic E-state index is -0.109. The van der Waals surface area contributed by atoms with E-state index in [-0.39, 0.29) is 12.3 Å². The highest BCUT2D eigenvalue weighted by atomic mass is 32.1. The molecular formula is C24H18N4OS. The number of imidazole rings is 1. The molecule has 0 aliphatic carbocycles. The minimum Gasteiger partial charge on any atom is -0.273 e. The first-order valence-corrected chi connectivity index (χ1v) is 10.5. The van der Waals surface area contributed by atoms with Crippen molar-refractivity contribution in [2.24, 2.45) is 0 Å². The zero-order chi connectivity index (χ0) is 20.3. The molecule has 0 saturated carbocycles. The van der Waals surface area contributed by atoms with Gasteiger partial charge in [-0.05, 0) is 28.8 Å². The van der Waals surface area contributed by atoms with Crippen LogP contribution in [0.3, 0.4) is 0 Å². The summed E-state index contributed by atoms with van der Waals surface area (Å²) in [6, 6.07) is 26.0. The van der Waals surface area contributed by atoms with E-state index in [0.29, 0.717) is 5.82 Å². The highest BCUT2D eigenvalue weighted by Crippen LogP contribution is 2.24. The first kappa shape index (κ1) is 18.3. The van der Waals surface area contributed by atoms with E-state index in [0.717, 1.165) is 33.4 Å². The summed E-state index contributed by atoms with van der Waals surface area (Å²) in [5.74, 6) is 0.521. The van der Waals surface area contributed by atoms with Crippen molar-refractivity contribution < 1.29 is 4.79 Å². The fraction of sp³-hybridized carbons (Fsp3) is 0.0417. The lowest BCUT2D eigenvalue weighted by atomic mass is 10.0. The first-order chi connectivity index (χ1) is 14.8. The highest BCUT2D eigenvalue weighted by molar-refractivity contribution is 7.07. The van der Waals surface area contributed by atoms with Gasteiger partial charge in [0, 0.05) is 5.38 Å². The topological polar surface area (TPSA) is 59.8 Å². The number of thiazole rings is 1. The molecule has 0 atom stereocenters. The van der Waals surface area contributed by atoms with Crippen molar-refractivity contribution >= 4 is 28.3 Å². The Balaban J connectivity index is 1.38. The molecule has 5 aromatic rings. The van der Waals surface area contributed by atoms with E-state index in [1.807, 2.05) is 72.1 Å². The van der Waals surface area contributed by atoms with Crippen LogP contribution in [0.5, 0.6) is 0 Å². The molecule has 6 heteroatoms. The molecule has 5 rings (SSSR count). The first-order valence-electron chi connectivity index (χ1n) is 9.58. The molecule has 1 N–H and O–H groups in total. The third-order valence-electron chi connectivity index (χ3n) is 4.88. The smallest absolute Gasteiger partial charge is 0.243 e. The maximum absolute atomic E-state index is 12.8. The number of hydrogen-bond acceptors (Lipinski definition) is 4. The number of carbonyl (C=O) groups excluding carboxylic acids is 1. The Labute approximate surface area is 177 Å². The van der Waals surface area contributed by atoms with Crippen molar-refractivity contribution in [3.63, 3.8) is 0 Å². The van der Waals surface area contributed by atoms with Crippen LogP contribution >= 0.6 is 11.3 Å². The van der Waals surface area contributed by atoms with Gasteiger partial charge in [0.05, 0.1) is 23.0 Å². The molecular weight excluding hydrogens is 392 g/mol. The van der Waals surface area contributed by atoms with Crippen LogP contribution in [0.25, 0.3) is 33.7 Å². The number of benzene rings is 3. The summed E-state index contributed by atoms with van der Waals surface area (Å²) in [5.41, 5.74) is 10.4. The molecule has 1 amide bonds. The Morgan fingerprint density at radius 1 is 0.900 bits per heavy atom. The van der Waals surface area contributed by atoms with E-state index < -0.39 is 0 Å². The van der Waals surface area contributed by atoms with E-state index in [4.69, 9.17) is 0 Å². The van der Waals surface area contributed by atoms with Crippen LogP contribution < -0.4 is 5.43 Å². The van der Waals surface area contributed by atoms with Gasteiger partial charge >= 0.3 is 0 Å². The lowest BCUT2D eigenvalue weighted by Crippen LogP contribution is -2.25. The Hall–Kier alpha value is -3.77. The van der Waals surface area contributed by atoms with Gasteiger partial charge in [0.1, 0.15) is 5.69 Å². The average Bonchev–Trinajstić information content (AvgIpc) is 3.43. The van der Waals surface area contributed by atoms with Gasteiger partial charge in [0.2, 0.25) is 5.91 Å². The molecule has 0 saturated heterocycles. The monoisotopic (exact) mass is 410 g/mol. The predicted octanol–water partition coefficient (Wildman–Crippen LogP) is 5.14. The normalized spacial score (nSPS) is 10.9. The summed E-state index contributed by atoms with van der Waals surface area (Å²) in [6.45, 7) is 0. The van der Waals surface area contributed by atoms with Crippen molar-refractivity contribution in [3.8, 4) is 22.6 Å². The minimum absolute atomic E-state index is 0.109. The summed E-state index contributed by atoms with van der Waals surface area (Å²) in [6.07, 6.45) is 0.276. The van der Waals surface area contributed by atoms with E-state index in [1.54, 1.807) is 10.2 Å². The van der Waals surface area contributed by atoms with Crippen molar-refractivity contribution in [2.75, 3.05) is 5.43 Å². The molecule has 0 bridgehead atoms. The number of nitrogens with one attached hydrogen (secondary N) is 1. The molecule has 0 unspecified atom stereocenters. The zero-order valence-corrected chi connectivity index (χ0v) is 16.8. The fourth-order valence-corrected chi connectivity index (χ4v) is 3.96. The summed E-state index contributed by atoms with van der Waals surface area (Å²) in [4.78, 5) is 21.8. The summed E-state index contributed by atoms with van der Waals surface area (Å²) >= 11 is 1.50. The number of carbonyl (C=O) groups is 1. The number of amides is 1. The number of fused-ring (bicyclic) bond motifs is 1. The van der Waals surface area contributed by atoms with Gasteiger partial charge in [-0.25, -0.2) is 14.6 Å². The SMILES string of the molecule is O=C(Cc1ccc(-c2ccccc2)cc1)Nn1c(-c2cscn2)nc2ccccc21. The van der Waals surface area contributed by atoms with Crippen LogP contribution in [0.4, 0.5) is 0 Å². The van der Waals surface area contributed by atoms with Gasteiger partial charge in [-0.2, -0.15) is 0 Å². The molecule has 5 nitrogen and oxygen atoms in total. The van der Waals surface area contributed by atoms with E-state index >= 15 is 0 Å². The Morgan fingerprint density at radius 3 is 2.40 bits per heavy atom. The molecule has 0 aliphatic heterocycles. The van der Waals surface area contributed by atoms with Crippen LogP contribution in [0.1, 0.15) is 5.56 Å². The van der Waals surface area contributed by atoms with Gasteiger partial charge in [-0.1, -0.05) is 66.7 Å². The highest BCUT2D eigenvalue weighted by Gasteiger charge is 2.16. The Kier molecular flexibility index (Phi) is 4.83. The lowest BCUT2D eigenvalue weighted by molar-refractivity contribution is -0.116. The molecule has 0 fully saturated rings. The van der Waals surface area contributed by atoms with Gasteiger partial charge in [-0.15, -0.1) is 11.3 Å². The quantitative estimate of drug-likeness (QED) is 0.436. The molecule has 0 radical (unpaired) electrons. The van der Waals surface area contributed by atoms with Crippen molar-refractivity contribution in [2.45, 2.75) is 6.42 Å². The Bertz CT molecular complexity index is 1290. The fourth-order valence-electron chi connectivity index (χ4n) is 3.43. The van der Waals surface area contributed by atoms with Crippen LogP contribution in [-0.2, 0) is 11.2 Å². The second-order valence-corrected chi connectivity index (χ2v) is 7.63. The predicted molar refractivity (Wildman–Crippen MR) is 121 cm³/mol. The summed E-state index contributed by atoms with van der Waals surface area (Å²) < 4.78 is 1.73. The van der Waals surface area contributed by atoms with Crippen LogP contribution in [0.15, 0.2) is 89.8 Å². The molecule has 0 spiro atoms. The van der Waals surface area contributed by atoms with Gasteiger partial charge < -0.3 is 0 Å². The number of hydrogen-bond donors (Lipinski definition) is 1. The average molecular weight is 411 g/mol. The Morgan fingerprint density at radius 2 is 1.63 bits per heavy atom. The van der Waals surface area contributed by atoms with Crippen LogP contribution in [-0.4, -0.2) is 20.6 Å². The van der Waals surface area contributed by atoms with Crippen LogP contribution in [0.2, 0.25) is 0 Å². The number of para-hydroxylation sites is 2. The van der Waals surface area contributed by atoms with Gasteiger partial charge in [0.15, 0.2) is 5.82 Å². The third kappa shape index (κ3) is 3.60. The van der Waals surface area contributed by atoms with E-state index in [1.165, 1.54) is 11.3 Å². The largest absolute Gasteiger partial charge is 0.273 e. The van der Waals surface area contributed by atoms with E-state index in [2.05, 4.69) is 27.5 Å². The van der Waals surface area contributed by atoms with Gasteiger partial charge in [0.25, 0.3) is 0 Å². The molecule has 146 valence electrons. The summed E-state index contributed by atoms with van der Waals surface area (Å²) in [7, 11) is 0. The van der Waals surface area contributed by atoms with Crippen LogP contribution in [0, 0.1) is 0 Å². The third-order valence-corrected chi connectivity index (χ3v) is 5.47. The van der Waals surface area contributed by atoms with Crippen molar-refractivity contribution in [3.05, 3.63) is 95.3 Å². The molecule has 2 heterocycles. The molecule has 3 aromatic carbocycles. The van der Waals surface area contributed by atoms with Crippen molar-refractivity contribution in [1.29, 1.82) is 0 Å². The summed E-state index contributed by atoms with van der Waals surface area (Å²) in [5, 5.41) is 1.92. The van der Waals surface area contributed by atoms with E-state index in [9.17, 15) is 4.79 Å². The lowest BCUT2D eigenvalue weighted by Gasteiger charge is -2.10. The molecule has 2 aromatic heterocycles. The second kappa shape index (κ2) is 7.93. The maximum Gasteiger partial charge on any atom is 0.243 e. The van der Waals surface area contributed by atoms with Gasteiger partial charge in [-0.3, -0.25) is 10.2 Å². The van der Waals surface area contributed by atoms with Crippen molar-refractivity contribution in [1.82, 2.24) is 14.6 Å². The zero-order valence-electron chi connectivity index (χ0n) is 16.0. The maximum atomic E-state index is 12.8. The number of rotatable bonds is 5. The standard InChI is InChI=1S/C24H18N4OS/c29-23(14-17-10-12-19(13-11-17)18-6-2-1-3-7-18)27-28-22-9-5-4-8-20(22)26-24(28)21-15-30-16-25-21/h1-13,15-16H,14H2,(H,27,29). The number of nitrogens with zero attached hydrogens (tertiary/aromatic N) is 3. The second-order valence-electron chi connectivity index (χ2n) is 6.91. The molecule has 0 aliphatic rings.